The fraction of sp³-hybridized carbons (Fsp3) is 0.333. The molecule has 2 aliphatic rings. The van der Waals surface area contributed by atoms with Crippen LogP contribution in [0.3, 0.4) is 0 Å². The van der Waals surface area contributed by atoms with Gasteiger partial charge in [0.25, 0.3) is 0 Å². The summed E-state index contributed by atoms with van der Waals surface area (Å²) in [4.78, 5) is 0. The van der Waals surface area contributed by atoms with Crippen molar-refractivity contribution in [1.29, 1.82) is 0 Å². The van der Waals surface area contributed by atoms with Crippen molar-refractivity contribution in [2.24, 2.45) is 0 Å². The van der Waals surface area contributed by atoms with E-state index in [2.05, 4.69) is 0 Å². The minimum Gasteiger partial charge on any atom is -0.387 e. The maximum Gasteiger partial charge on any atom is 0.187 e. The Morgan fingerprint density at radius 1 is 0.323 bits per heavy atom. The zero-order chi connectivity index (χ0) is 44.6. The number of rotatable bonds is 21. The SMILES string of the molecule is O[C@H]1[C@H](O)[C@@H](O[C@H]2O[C@H](COCc3ccccc3)[C@H](OCc3ccccc3)[C@H](OCc3ccccc3)[C@H]2OCc2ccccc2)[C@H](OCc2ccccc2)[C@@H](OCc2ccccc2)[C@H]1O. The first-order valence-corrected chi connectivity index (χ1v) is 22.2. The van der Waals surface area contributed by atoms with E-state index in [0.29, 0.717) is 6.61 Å². The largest absolute Gasteiger partial charge is 0.387 e. The second-order valence-corrected chi connectivity index (χ2v) is 16.4. The molecule has 6 aromatic rings. The summed E-state index contributed by atoms with van der Waals surface area (Å²) < 4.78 is 53.9. The van der Waals surface area contributed by atoms with E-state index in [-0.39, 0.29) is 39.6 Å². The molecule has 0 spiro atoms. The molecular formula is C54H58O11. The van der Waals surface area contributed by atoms with E-state index in [1.165, 1.54) is 0 Å². The van der Waals surface area contributed by atoms with Gasteiger partial charge in [-0.1, -0.05) is 182 Å². The van der Waals surface area contributed by atoms with Crippen molar-refractivity contribution in [3.8, 4) is 0 Å². The molecule has 3 N–H and O–H groups in total. The average molecular weight is 883 g/mol. The van der Waals surface area contributed by atoms with Gasteiger partial charge in [0.1, 0.15) is 61.0 Å². The zero-order valence-corrected chi connectivity index (χ0v) is 36.2. The molecule has 0 aromatic heterocycles. The van der Waals surface area contributed by atoms with Crippen molar-refractivity contribution < 1.29 is 53.2 Å². The van der Waals surface area contributed by atoms with Gasteiger partial charge in [-0.15, -0.1) is 0 Å². The third-order valence-corrected chi connectivity index (χ3v) is 11.7. The van der Waals surface area contributed by atoms with E-state index in [1.807, 2.05) is 182 Å². The second-order valence-electron chi connectivity index (χ2n) is 16.4. The number of hydrogen-bond acceptors (Lipinski definition) is 11. The Kier molecular flexibility index (Phi) is 17.1. The van der Waals surface area contributed by atoms with Crippen LogP contribution in [0.2, 0.25) is 0 Å². The van der Waals surface area contributed by atoms with Crippen LogP contribution in [-0.4, -0.2) is 89.3 Å². The lowest BCUT2D eigenvalue weighted by molar-refractivity contribution is -0.360. The molecule has 1 aliphatic heterocycles. The Labute approximate surface area is 381 Å². The smallest absolute Gasteiger partial charge is 0.187 e. The fourth-order valence-corrected chi connectivity index (χ4v) is 8.25. The highest BCUT2D eigenvalue weighted by atomic mass is 16.7. The van der Waals surface area contributed by atoms with E-state index < -0.39 is 67.3 Å². The molecule has 0 bridgehead atoms. The van der Waals surface area contributed by atoms with Crippen molar-refractivity contribution in [2.75, 3.05) is 6.61 Å². The molecule has 340 valence electrons. The predicted octanol–water partition coefficient (Wildman–Crippen LogP) is 7.34. The number of aliphatic hydroxyl groups is 3. The molecule has 11 atom stereocenters. The predicted molar refractivity (Wildman–Crippen MR) is 243 cm³/mol. The van der Waals surface area contributed by atoms with Crippen LogP contribution in [0.15, 0.2) is 182 Å². The van der Waals surface area contributed by atoms with Crippen LogP contribution in [0, 0.1) is 0 Å². The van der Waals surface area contributed by atoms with Crippen molar-refractivity contribution in [1.82, 2.24) is 0 Å². The minimum atomic E-state index is -1.67. The van der Waals surface area contributed by atoms with Crippen molar-refractivity contribution in [3.05, 3.63) is 215 Å². The van der Waals surface area contributed by atoms with Gasteiger partial charge in [0.2, 0.25) is 0 Å². The number of hydrogen-bond donors (Lipinski definition) is 3. The summed E-state index contributed by atoms with van der Waals surface area (Å²) in [5.41, 5.74) is 5.47. The van der Waals surface area contributed by atoms with Crippen LogP contribution in [-0.2, 0) is 77.5 Å². The van der Waals surface area contributed by atoms with Gasteiger partial charge in [-0.25, -0.2) is 0 Å². The van der Waals surface area contributed by atoms with Crippen LogP contribution < -0.4 is 0 Å². The van der Waals surface area contributed by atoms with E-state index in [4.69, 9.17) is 37.9 Å². The van der Waals surface area contributed by atoms with Crippen molar-refractivity contribution >= 4 is 0 Å². The van der Waals surface area contributed by atoms with Gasteiger partial charge in [0.05, 0.1) is 46.2 Å². The first kappa shape index (κ1) is 46.4. The average Bonchev–Trinajstić information content (AvgIpc) is 3.36. The van der Waals surface area contributed by atoms with Gasteiger partial charge in [-0.2, -0.15) is 0 Å². The van der Waals surface area contributed by atoms with Gasteiger partial charge < -0.3 is 53.2 Å². The summed E-state index contributed by atoms with van der Waals surface area (Å²) in [6.07, 6.45) is -12.9. The Bertz CT molecular complexity index is 2220. The maximum absolute atomic E-state index is 12.0. The molecule has 11 nitrogen and oxygen atoms in total. The third-order valence-electron chi connectivity index (χ3n) is 11.7. The lowest BCUT2D eigenvalue weighted by Gasteiger charge is -2.50. The molecule has 2 fully saturated rings. The lowest BCUT2D eigenvalue weighted by atomic mass is 9.84. The van der Waals surface area contributed by atoms with Gasteiger partial charge in [0.15, 0.2) is 6.29 Å². The summed E-state index contributed by atoms with van der Waals surface area (Å²) in [6.45, 7) is 1.20. The summed E-state index contributed by atoms with van der Waals surface area (Å²) in [5, 5.41) is 35.1. The third kappa shape index (κ3) is 12.8. The quantitative estimate of drug-likeness (QED) is 0.0671. The fourth-order valence-electron chi connectivity index (χ4n) is 8.25. The van der Waals surface area contributed by atoms with Crippen LogP contribution >= 0.6 is 0 Å². The molecule has 0 unspecified atom stereocenters. The number of benzene rings is 6. The molecule has 1 aliphatic carbocycles. The van der Waals surface area contributed by atoms with Gasteiger partial charge >= 0.3 is 0 Å². The van der Waals surface area contributed by atoms with Crippen molar-refractivity contribution in [3.63, 3.8) is 0 Å². The highest BCUT2D eigenvalue weighted by molar-refractivity contribution is 5.18. The highest BCUT2D eigenvalue weighted by Crippen LogP contribution is 2.36. The summed E-state index contributed by atoms with van der Waals surface area (Å²) in [5.74, 6) is 0. The zero-order valence-electron chi connectivity index (χ0n) is 36.2. The molecule has 1 saturated heterocycles. The molecule has 11 heteroatoms. The molecule has 0 amide bonds. The maximum atomic E-state index is 12.0. The minimum absolute atomic E-state index is 0.0795. The Morgan fingerprint density at radius 2 is 0.631 bits per heavy atom. The van der Waals surface area contributed by atoms with Gasteiger partial charge in [-0.05, 0) is 33.4 Å². The van der Waals surface area contributed by atoms with E-state index in [0.717, 1.165) is 33.4 Å². The molecule has 0 radical (unpaired) electrons. The number of aliphatic hydroxyl groups excluding tert-OH is 3. The molecule has 65 heavy (non-hydrogen) atoms. The number of ether oxygens (including phenoxy) is 8. The Morgan fingerprint density at radius 3 is 1.03 bits per heavy atom. The first-order chi connectivity index (χ1) is 32.0. The lowest BCUT2D eigenvalue weighted by Crippen LogP contribution is -2.68. The van der Waals surface area contributed by atoms with Crippen LogP contribution in [0.1, 0.15) is 33.4 Å². The second kappa shape index (κ2) is 23.9. The summed E-state index contributed by atoms with van der Waals surface area (Å²) in [6, 6.07) is 58.4. The molecule has 8 rings (SSSR count). The molecule has 6 aromatic carbocycles. The first-order valence-electron chi connectivity index (χ1n) is 22.2. The Hall–Kier alpha value is -5.12. The van der Waals surface area contributed by atoms with E-state index >= 15 is 0 Å². The van der Waals surface area contributed by atoms with E-state index in [9.17, 15) is 15.3 Å². The van der Waals surface area contributed by atoms with E-state index in [1.54, 1.807) is 0 Å². The molecular weight excluding hydrogens is 825 g/mol. The molecule has 1 saturated carbocycles. The van der Waals surface area contributed by atoms with Gasteiger partial charge in [0, 0.05) is 0 Å². The monoisotopic (exact) mass is 882 g/mol. The Balaban J connectivity index is 1.16. The standard InChI is InChI=1S/C54H58O11/c55-45-46(56)49(60-33-40-23-11-3-12-24-40)52(62-35-42-27-15-5-16-28-42)50(47(45)57)65-54-53(63-36-43-29-17-6-18-30-43)51(61-34-41-25-13-4-14-26-41)48(59-32-39-21-9-2-10-22-39)44(64-54)37-58-31-38-19-7-1-8-20-38/h1-30,44-57H,31-37H2/t44-,45-,46+,47+,48+,49+,50-,51+,52-,53-,54-/m1/s1. The van der Waals surface area contributed by atoms with Crippen LogP contribution in [0.25, 0.3) is 0 Å². The normalized spacial score (nSPS) is 26.7. The topological polar surface area (TPSA) is 135 Å². The summed E-state index contributed by atoms with van der Waals surface area (Å²) >= 11 is 0. The van der Waals surface area contributed by atoms with Gasteiger partial charge in [-0.3, -0.25) is 0 Å². The van der Waals surface area contributed by atoms with Crippen LogP contribution in [0.4, 0.5) is 0 Å². The van der Waals surface area contributed by atoms with Crippen LogP contribution in [0.5, 0.6) is 0 Å². The molecule has 1 heterocycles. The van der Waals surface area contributed by atoms with Crippen molar-refractivity contribution in [2.45, 2.75) is 107 Å². The summed E-state index contributed by atoms with van der Waals surface area (Å²) in [7, 11) is 0. The highest BCUT2D eigenvalue weighted by Gasteiger charge is 2.56.